The first kappa shape index (κ1) is 10.6. The molecule has 0 saturated carbocycles. The van der Waals surface area contributed by atoms with Crippen molar-refractivity contribution in [2.24, 2.45) is 0 Å². The average Bonchev–Trinajstić information content (AvgIpc) is 3.16. The molecule has 1 aromatic rings. The highest BCUT2D eigenvalue weighted by Crippen LogP contribution is 2.34. The third-order valence-corrected chi connectivity index (χ3v) is 3.19. The number of rotatable bonds is 2. The van der Waals surface area contributed by atoms with E-state index in [4.69, 9.17) is 9.47 Å². The lowest BCUT2D eigenvalue weighted by atomic mass is 10.1. The maximum absolute atomic E-state index is 11.8. The minimum absolute atomic E-state index is 0.0213. The number of hydrogen-bond acceptors (Lipinski definition) is 3. The molecule has 4 nitrogen and oxygen atoms in total. The molecule has 2 heterocycles. The molecule has 0 bridgehead atoms. The van der Waals surface area contributed by atoms with Crippen LogP contribution in [0.1, 0.15) is 18.4 Å². The van der Waals surface area contributed by atoms with E-state index in [2.05, 4.69) is 0 Å². The molecule has 2 atom stereocenters. The van der Waals surface area contributed by atoms with E-state index in [1.165, 1.54) is 0 Å². The maximum atomic E-state index is 11.8. The zero-order valence-corrected chi connectivity index (χ0v) is 9.54. The molecule has 1 aromatic carbocycles. The first-order valence-electron chi connectivity index (χ1n) is 5.97. The molecule has 0 radical (unpaired) electrons. The average molecular weight is 233 g/mol. The number of hydrogen-bond donors (Lipinski definition) is 0. The molecule has 0 aromatic heterocycles. The molecular formula is C13H15NO3. The standard InChI is InChI=1S/C13H15NO3/c15-13(14-8-4-7-11-12(14)17-11)16-9-10-5-2-1-3-6-10/h1-3,5-6,11-12H,4,7-9H2. The summed E-state index contributed by atoms with van der Waals surface area (Å²) in [6.45, 7) is 1.07. The van der Waals surface area contributed by atoms with Gasteiger partial charge in [0.25, 0.3) is 0 Å². The van der Waals surface area contributed by atoms with Crippen LogP contribution in [0.3, 0.4) is 0 Å². The Labute approximate surface area is 100 Å². The lowest BCUT2D eigenvalue weighted by Gasteiger charge is -2.22. The summed E-state index contributed by atoms with van der Waals surface area (Å²) in [6, 6.07) is 9.70. The number of ether oxygens (including phenoxy) is 2. The molecule has 2 fully saturated rings. The summed E-state index contributed by atoms with van der Waals surface area (Å²) in [7, 11) is 0. The number of fused-ring (bicyclic) bond motifs is 1. The van der Waals surface area contributed by atoms with Crippen molar-refractivity contribution in [2.75, 3.05) is 6.54 Å². The topological polar surface area (TPSA) is 42.1 Å². The van der Waals surface area contributed by atoms with Gasteiger partial charge in [0, 0.05) is 6.54 Å². The molecule has 2 unspecified atom stereocenters. The lowest BCUT2D eigenvalue weighted by Crippen LogP contribution is -2.38. The maximum Gasteiger partial charge on any atom is 0.412 e. The highest BCUT2D eigenvalue weighted by Gasteiger charge is 2.48. The highest BCUT2D eigenvalue weighted by molar-refractivity contribution is 5.68. The summed E-state index contributed by atoms with van der Waals surface area (Å²) in [5.74, 6) is 0. The van der Waals surface area contributed by atoms with Crippen molar-refractivity contribution < 1.29 is 14.3 Å². The first-order chi connectivity index (χ1) is 8.34. The van der Waals surface area contributed by atoms with Gasteiger partial charge in [-0.1, -0.05) is 30.3 Å². The van der Waals surface area contributed by atoms with Crippen LogP contribution in [0.2, 0.25) is 0 Å². The molecule has 3 rings (SSSR count). The number of benzene rings is 1. The van der Waals surface area contributed by atoms with Gasteiger partial charge in [-0.25, -0.2) is 4.79 Å². The SMILES string of the molecule is O=C(OCc1ccccc1)N1CCCC2OC21. The molecule has 1 amide bonds. The number of nitrogens with zero attached hydrogens (tertiary/aromatic N) is 1. The van der Waals surface area contributed by atoms with Gasteiger partial charge >= 0.3 is 6.09 Å². The van der Waals surface area contributed by atoms with Gasteiger partial charge in [-0.3, -0.25) is 4.90 Å². The minimum atomic E-state index is -0.263. The van der Waals surface area contributed by atoms with Gasteiger partial charge in [-0.05, 0) is 18.4 Å². The third-order valence-electron chi connectivity index (χ3n) is 3.19. The largest absolute Gasteiger partial charge is 0.444 e. The van der Waals surface area contributed by atoms with E-state index in [9.17, 15) is 4.79 Å². The Morgan fingerprint density at radius 1 is 1.41 bits per heavy atom. The van der Waals surface area contributed by atoms with Gasteiger partial charge in [0.05, 0.1) is 0 Å². The van der Waals surface area contributed by atoms with Crippen molar-refractivity contribution in [2.45, 2.75) is 31.8 Å². The zero-order chi connectivity index (χ0) is 11.7. The van der Waals surface area contributed by atoms with Crippen molar-refractivity contribution in [3.05, 3.63) is 35.9 Å². The highest BCUT2D eigenvalue weighted by atomic mass is 16.6. The Hall–Kier alpha value is -1.55. The van der Waals surface area contributed by atoms with Gasteiger partial charge in [-0.2, -0.15) is 0 Å². The molecule has 17 heavy (non-hydrogen) atoms. The van der Waals surface area contributed by atoms with Crippen molar-refractivity contribution in [3.63, 3.8) is 0 Å². The van der Waals surface area contributed by atoms with E-state index in [0.29, 0.717) is 6.61 Å². The fraction of sp³-hybridized carbons (Fsp3) is 0.462. The molecule has 2 saturated heterocycles. The molecule has 2 aliphatic heterocycles. The van der Waals surface area contributed by atoms with Gasteiger partial charge in [0.15, 0.2) is 6.23 Å². The third kappa shape index (κ3) is 2.26. The van der Waals surface area contributed by atoms with Crippen molar-refractivity contribution in [3.8, 4) is 0 Å². The van der Waals surface area contributed by atoms with Crippen LogP contribution in [0.5, 0.6) is 0 Å². The van der Waals surface area contributed by atoms with E-state index >= 15 is 0 Å². The van der Waals surface area contributed by atoms with Crippen LogP contribution in [0.4, 0.5) is 4.79 Å². The summed E-state index contributed by atoms with van der Waals surface area (Å²) >= 11 is 0. The minimum Gasteiger partial charge on any atom is -0.444 e. The van der Waals surface area contributed by atoms with Crippen molar-refractivity contribution >= 4 is 6.09 Å². The quantitative estimate of drug-likeness (QED) is 0.735. The predicted molar refractivity (Wildman–Crippen MR) is 61.2 cm³/mol. The number of carbonyl (C=O) groups is 1. The summed E-state index contributed by atoms with van der Waals surface area (Å²) in [6.07, 6.45) is 2.04. The Bertz CT molecular complexity index is 406. The Morgan fingerprint density at radius 3 is 3.06 bits per heavy atom. The number of carbonyl (C=O) groups excluding carboxylic acids is 1. The second kappa shape index (κ2) is 4.37. The fourth-order valence-electron chi connectivity index (χ4n) is 2.21. The number of epoxide rings is 1. The molecule has 0 N–H and O–H groups in total. The molecular weight excluding hydrogens is 218 g/mol. The zero-order valence-electron chi connectivity index (χ0n) is 9.54. The van der Waals surface area contributed by atoms with Crippen molar-refractivity contribution in [1.29, 1.82) is 0 Å². The molecule has 4 heteroatoms. The second-order valence-electron chi connectivity index (χ2n) is 4.44. The van der Waals surface area contributed by atoms with Crippen LogP contribution in [0.25, 0.3) is 0 Å². The number of likely N-dealkylation sites (tertiary alicyclic amines) is 1. The van der Waals surface area contributed by atoms with Crippen molar-refractivity contribution in [1.82, 2.24) is 4.90 Å². The molecule has 2 aliphatic rings. The molecule has 90 valence electrons. The molecule has 0 aliphatic carbocycles. The van der Waals surface area contributed by atoms with E-state index in [0.717, 1.165) is 24.9 Å². The number of piperidine rings is 1. The van der Waals surface area contributed by atoms with Gasteiger partial charge in [-0.15, -0.1) is 0 Å². The second-order valence-corrected chi connectivity index (χ2v) is 4.44. The van der Waals surface area contributed by atoms with Gasteiger partial charge < -0.3 is 9.47 Å². The van der Waals surface area contributed by atoms with Gasteiger partial charge in [0.1, 0.15) is 12.7 Å². The van der Waals surface area contributed by atoms with Crippen LogP contribution in [-0.2, 0) is 16.1 Å². The smallest absolute Gasteiger partial charge is 0.412 e. The number of amides is 1. The predicted octanol–water partition coefficient (Wildman–Crippen LogP) is 2.14. The van der Waals surface area contributed by atoms with Crippen LogP contribution >= 0.6 is 0 Å². The Morgan fingerprint density at radius 2 is 2.24 bits per heavy atom. The lowest BCUT2D eigenvalue weighted by molar-refractivity contribution is 0.0772. The Balaban J connectivity index is 1.53. The first-order valence-corrected chi connectivity index (χ1v) is 5.97. The summed E-state index contributed by atoms with van der Waals surface area (Å²) in [5, 5.41) is 0. The van der Waals surface area contributed by atoms with E-state index < -0.39 is 0 Å². The van der Waals surface area contributed by atoms with Gasteiger partial charge in [0.2, 0.25) is 0 Å². The van der Waals surface area contributed by atoms with Crippen LogP contribution in [0.15, 0.2) is 30.3 Å². The van der Waals surface area contributed by atoms with E-state index in [1.807, 2.05) is 30.3 Å². The van der Waals surface area contributed by atoms with E-state index in [1.54, 1.807) is 4.90 Å². The Kier molecular flexibility index (Phi) is 2.73. The summed E-state index contributed by atoms with van der Waals surface area (Å²) in [4.78, 5) is 13.5. The summed E-state index contributed by atoms with van der Waals surface area (Å²) in [5.41, 5.74) is 1.01. The van der Waals surface area contributed by atoms with E-state index in [-0.39, 0.29) is 18.4 Å². The summed E-state index contributed by atoms with van der Waals surface area (Å²) < 4.78 is 10.7. The monoisotopic (exact) mass is 233 g/mol. The normalized spacial score (nSPS) is 26.2. The van der Waals surface area contributed by atoms with Crippen LogP contribution in [-0.4, -0.2) is 29.9 Å². The van der Waals surface area contributed by atoms with Crippen LogP contribution < -0.4 is 0 Å². The fourth-order valence-corrected chi connectivity index (χ4v) is 2.21. The molecule has 0 spiro atoms. The van der Waals surface area contributed by atoms with Crippen LogP contribution in [0, 0.1) is 0 Å².